The number of thiophene rings is 1. The number of hydrogen-bond acceptors (Lipinski definition) is 6. The first-order chi connectivity index (χ1) is 8.83. The quantitative estimate of drug-likeness (QED) is 0.888. The summed E-state index contributed by atoms with van der Waals surface area (Å²) in [6, 6.07) is 2.03. The molecule has 1 fully saturated rings. The van der Waals surface area contributed by atoms with E-state index < -0.39 is 0 Å². The van der Waals surface area contributed by atoms with Gasteiger partial charge in [0.15, 0.2) is 0 Å². The third kappa shape index (κ3) is 2.39. The number of nitrogen functional groups attached to an aromatic ring is 1. The average Bonchev–Trinajstić information content (AvgIpc) is 2.85. The molecule has 0 aliphatic carbocycles. The van der Waals surface area contributed by atoms with Crippen LogP contribution < -0.4 is 11.1 Å². The van der Waals surface area contributed by atoms with E-state index in [2.05, 4.69) is 15.3 Å². The Morgan fingerprint density at radius 2 is 2.44 bits per heavy atom. The van der Waals surface area contributed by atoms with Gasteiger partial charge in [-0.2, -0.15) is 4.98 Å². The van der Waals surface area contributed by atoms with Gasteiger partial charge in [-0.1, -0.05) is 0 Å². The van der Waals surface area contributed by atoms with Gasteiger partial charge in [-0.15, -0.1) is 11.3 Å². The van der Waals surface area contributed by atoms with E-state index >= 15 is 0 Å². The first-order valence-electron chi connectivity index (χ1n) is 6.15. The normalized spacial score (nSPS) is 20.1. The summed E-state index contributed by atoms with van der Waals surface area (Å²) in [6.45, 7) is 2.60. The predicted molar refractivity (Wildman–Crippen MR) is 73.9 cm³/mol. The second-order valence-electron chi connectivity index (χ2n) is 4.53. The van der Waals surface area contributed by atoms with Crippen LogP contribution in [0.25, 0.3) is 10.2 Å². The average molecular weight is 264 g/mol. The fourth-order valence-corrected chi connectivity index (χ4v) is 2.99. The second-order valence-corrected chi connectivity index (χ2v) is 5.43. The summed E-state index contributed by atoms with van der Waals surface area (Å²) < 4.78 is 5.47. The van der Waals surface area contributed by atoms with Crippen LogP contribution in [0, 0.1) is 5.92 Å². The molecule has 0 aromatic carbocycles. The van der Waals surface area contributed by atoms with Gasteiger partial charge in [0.25, 0.3) is 0 Å². The largest absolute Gasteiger partial charge is 0.381 e. The molecule has 2 aromatic heterocycles. The lowest BCUT2D eigenvalue weighted by atomic mass is 10.0. The number of nitrogens with zero attached hydrogens (tertiary/aromatic N) is 2. The lowest BCUT2D eigenvalue weighted by molar-refractivity contribution is 0.0595. The molecule has 3 heterocycles. The molecule has 0 radical (unpaired) electrons. The van der Waals surface area contributed by atoms with Crippen molar-refractivity contribution in [2.24, 2.45) is 5.92 Å². The number of hydrogen-bond donors (Lipinski definition) is 2. The Morgan fingerprint density at radius 1 is 1.50 bits per heavy atom. The van der Waals surface area contributed by atoms with Crippen molar-refractivity contribution in [3.63, 3.8) is 0 Å². The molecule has 3 N–H and O–H groups in total. The molecule has 96 valence electrons. The molecule has 0 bridgehead atoms. The molecule has 0 amide bonds. The zero-order valence-corrected chi connectivity index (χ0v) is 10.9. The van der Waals surface area contributed by atoms with Gasteiger partial charge in [-0.3, -0.25) is 0 Å². The van der Waals surface area contributed by atoms with Crippen molar-refractivity contribution in [3.05, 3.63) is 11.4 Å². The summed E-state index contributed by atoms with van der Waals surface area (Å²) in [7, 11) is 0. The Labute approximate surface area is 109 Å². The van der Waals surface area contributed by atoms with Gasteiger partial charge in [0.2, 0.25) is 5.95 Å². The number of anilines is 2. The Kier molecular flexibility index (Phi) is 3.29. The van der Waals surface area contributed by atoms with Crippen molar-refractivity contribution in [2.45, 2.75) is 12.8 Å². The van der Waals surface area contributed by atoms with Gasteiger partial charge in [-0.05, 0) is 30.2 Å². The minimum atomic E-state index is 0.326. The monoisotopic (exact) mass is 264 g/mol. The third-order valence-corrected chi connectivity index (χ3v) is 3.96. The Hall–Kier alpha value is -1.40. The fraction of sp³-hybridized carbons (Fsp3) is 0.500. The molecular formula is C12H16N4OS. The van der Waals surface area contributed by atoms with E-state index in [4.69, 9.17) is 10.5 Å². The van der Waals surface area contributed by atoms with Crippen LogP contribution in [0.15, 0.2) is 11.4 Å². The number of fused-ring (bicyclic) bond motifs is 1. The lowest BCUT2D eigenvalue weighted by Gasteiger charge is -2.22. The molecule has 2 aromatic rings. The smallest absolute Gasteiger partial charge is 0.223 e. The highest BCUT2D eigenvalue weighted by Crippen LogP contribution is 2.26. The number of nitrogens with two attached hydrogens (primary N) is 1. The third-order valence-electron chi connectivity index (χ3n) is 3.16. The van der Waals surface area contributed by atoms with Crippen LogP contribution in [-0.2, 0) is 4.74 Å². The maximum Gasteiger partial charge on any atom is 0.223 e. The molecule has 5 nitrogen and oxygen atoms in total. The number of rotatable bonds is 3. The van der Waals surface area contributed by atoms with E-state index in [-0.39, 0.29) is 0 Å². The van der Waals surface area contributed by atoms with Crippen LogP contribution in [0.3, 0.4) is 0 Å². The molecule has 1 unspecified atom stereocenters. The van der Waals surface area contributed by atoms with Gasteiger partial charge in [-0.25, -0.2) is 4.98 Å². The second kappa shape index (κ2) is 5.07. The van der Waals surface area contributed by atoms with Crippen LogP contribution in [0.4, 0.5) is 11.8 Å². The van der Waals surface area contributed by atoms with E-state index in [9.17, 15) is 0 Å². The highest BCUT2D eigenvalue weighted by molar-refractivity contribution is 7.16. The summed E-state index contributed by atoms with van der Waals surface area (Å²) in [5.41, 5.74) is 5.71. The Bertz CT molecular complexity index is 536. The summed E-state index contributed by atoms with van der Waals surface area (Å²) in [4.78, 5) is 9.43. The molecule has 1 aliphatic heterocycles. The maximum absolute atomic E-state index is 5.71. The van der Waals surface area contributed by atoms with Crippen LogP contribution in [0.2, 0.25) is 0 Å². The highest BCUT2D eigenvalue weighted by atomic mass is 32.1. The molecule has 0 saturated carbocycles. The summed E-state index contributed by atoms with van der Waals surface area (Å²) >= 11 is 1.58. The molecule has 0 spiro atoms. The van der Waals surface area contributed by atoms with E-state index in [0.29, 0.717) is 11.9 Å². The minimum absolute atomic E-state index is 0.326. The van der Waals surface area contributed by atoms with Crippen LogP contribution in [-0.4, -0.2) is 29.7 Å². The van der Waals surface area contributed by atoms with Crippen molar-refractivity contribution < 1.29 is 4.74 Å². The van der Waals surface area contributed by atoms with Crippen molar-refractivity contribution in [2.75, 3.05) is 30.8 Å². The van der Waals surface area contributed by atoms with Crippen LogP contribution in [0.5, 0.6) is 0 Å². The molecule has 1 aliphatic rings. The maximum atomic E-state index is 5.71. The van der Waals surface area contributed by atoms with E-state index in [1.54, 1.807) is 11.3 Å². The molecule has 6 heteroatoms. The Balaban J connectivity index is 1.75. The van der Waals surface area contributed by atoms with Gasteiger partial charge >= 0.3 is 0 Å². The number of ether oxygens (including phenoxy) is 1. The summed E-state index contributed by atoms with van der Waals surface area (Å²) in [5, 5.41) is 6.43. The lowest BCUT2D eigenvalue weighted by Crippen LogP contribution is -2.24. The molecule has 18 heavy (non-hydrogen) atoms. The zero-order chi connectivity index (χ0) is 12.4. The van der Waals surface area contributed by atoms with E-state index in [1.165, 1.54) is 6.42 Å². The number of nitrogens with one attached hydrogen (secondary N) is 1. The fourth-order valence-electron chi connectivity index (χ4n) is 2.22. The number of aromatic nitrogens is 2. The van der Waals surface area contributed by atoms with Gasteiger partial charge < -0.3 is 15.8 Å². The minimum Gasteiger partial charge on any atom is -0.381 e. The van der Waals surface area contributed by atoms with Crippen molar-refractivity contribution >= 4 is 33.3 Å². The highest BCUT2D eigenvalue weighted by Gasteiger charge is 2.15. The topological polar surface area (TPSA) is 73.1 Å². The van der Waals surface area contributed by atoms with Gasteiger partial charge in [0.05, 0.1) is 12.0 Å². The van der Waals surface area contributed by atoms with E-state index in [0.717, 1.165) is 42.2 Å². The first kappa shape index (κ1) is 11.7. The molecule has 1 atom stereocenters. The van der Waals surface area contributed by atoms with Crippen molar-refractivity contribution in [3.8, 4) is 0 Å². The Morgan fingerprint density at radius 3 is 3.28 bits per heavy atom. The summed E-state index contributed by atoms with van der Waals surface area (Å²) in [5.74, 6) is 1.72. The van der Waals surface area contributed by atoms with Crippen molar-refractivity contribution in [1.29, 1.82) is 0 Å². The predicted octanol–water partition coefficient (Wildman–Crippen LogP) is 2.11. The van der Waals surface area contributed by atoms with Crippen LogP contribution in [0.1, 0.15) is 12.8 Å². The van der Waals surface area contributed by atoms with Gasteiger partial charge in [0, 0.05) is 13.2 Å². The standard InChI is InChI=1S/C12H16N4OS/c13-12-15-10(9-3-5-18-11(9)16-12)14-6-8-2-1-4-17-7-8/h3,5,8H,1-2,4,6-7H2,(H3,13,14,15,16). The van der Waals surface area contributed by atoms with Crippen molar-refractivity contribution in [1.82, 2.24) is 9.97 Å². The summed E-state index contributed by atoms with van der Waals surface area (Å²) in [6.07, 6.45) is 2.35. The molecule has 3 rings (SSSR count). The van der Waals surface area contributed by atoms with Crippen LogP contribution >= 0.6 is 11.3 Å². The van der Waals surface area contributed by atoms with E-state index in [1.807, 2.05) is 11.4 Å². The SMILES string of the molecule is Nc1nc(NCC2CCCOC2)c2ccsc2n1. The van der Waals surface area contributed by atoms with Gasteiger partial charge in [0.1, 0.15) is 10.6 Å². The molecular weight excluding hydrogens is 248 g/mol. The first-order valence-corrected chi connectivity index (χ1v) is 7.03. The molecule has 1 saturated heterocycles. The zero-order valence-electron chi connectivity index (χ0n) is 10.1.